The van der Waals surface area contributed by atoms with E-state index in [0.717, 1.165) is 143 Å². The Morgan fingerprint density at radius 2 is 0.741 bits per heavy atom. The summed E-state index contributed by atoms with van der Waals surface area (Å²) in [5.74, 6) is 1.32. The van der Waals surface area contributed by atoms with Crippen LogP contribution in [0.4, 0.5) is 17.1 Å². The summed E-state index contributed by atoms with van der Waals surface area (Å²) in [7, 11) is 0. The standard InChI is InChI=1S/C74H39N9OS/c75-38-43-27-30-61-51(33-43)48-13-1-4-18-58(48)80(61)46-36-56-70(78-41-46)71-57(37-47(42-79-71)81-59-19-5-2-14-49(59)52-34-44(39-76)28-31-62(52)81)74(56)54-16-11-23-66(82-60-20-6-3-15-50(60)53-35-45(40-77)29-32-63(53)82)72(54)84-73-55(74)17-12-24-67(73)83-64-21-7-9-25-68(64)85-69-26-10-8-22-65(69)83/h1-37,41-42H. The van der Waals surface area contributed by atoms with E-state index in [-0.39, 0.29) is 0 Å². The number of aromatic nitrogens is 5. The molecule has 15 aromatic rings. The number of rotatable bonds is 4. The lowest BCUT2D eigenvalue weighted by Crippen LogP contribution is -2.33. The van der Waals surface area contributed by atoms with Crippen molar-refractivity contribution in [2.24, 2.45) is 0 Å². The van der Waals surface area contributed by atoms with Gasteiger partial charge in [-0.05, 0) is 121 Å². The number of nitrogens with zero attached hydrogens (tertiary/aromatic N) is 9. The second-order valence-corrected chi connectivity index (χ2v) is 22.9. The molecule has 0 saturated heterocycles. The van der Waals surface area contributed by atoms with Gasteiger partial charge in [0, 0.05) is 64.4 Å². The first kappa shape index (κ1) is 47.0. The van der Waals surface area contributed by atoms with Gasteiger partial charge in [0.05, 0.1) is 131 Å². The van der Waals surface area contributed by atoms with E-state index in [0.29, 0.717) is 28.2 Å². The normalized spacial score (nSPS) is 13.3. The lowest BCUT2D eigenvalue weighted by molar-refractivity contribution is 0.435. The molecule has 0 N–H and O–H groups in total. The third kappa shape index (κ3) is 6.30. The molecule has 0 saturated carbocycles. The van der Waals surface area contributed by atoms with Gasteiger partial charge in [-0.1, -0.05) is 115 Å². The zero-order valence-electron chi connectivity index (χ0n) is 44.9. The Bertz CT molecular complexity index is 5420. The van der Waals surface area contributed by atoms with Crippen molar-refractivity contribution in [1.82, 2.24) is 23.7 Å². The first-order valence-electron chi connectivity index (χ1n) is 28.0. The van der Waals surface area contributed by atoms with Crippen LogP contribution in [0, 0.1) is 34.0 Å². The number of benzene rings is 10. The van der Waals surface area contributed by atoms with Gasteiger partial charge >= 0.3 is 0 Å². The molecule has 10 nitrogen and oxygen atoms in total. The molecule has 0 unspecified atom stereocenters. The van der Waals surface area contributed by atoms with E-state index in [1.807, 2.05) is 85.2 Å². The highest BCUT2D eigenvalue weighted by Gasteiger charge is 2.54. The second-order valence-electron chi connectivity index (χ2n) is 21.8. The van der Waals surface area contributed by atoms with Crippen LogP contribution in [0.15, 0.2) is 247 Å². The Hall–Kier alpha value is -11.7. The summed E-state index contributed by atoms with van der Waals surface area (Å²) in [6.45, 7) is 0. The number of hydrogen-bond acceptors (Lipinski definition) is 8. The SMILES string of the molecule is N#Cc1ccc2c(c1)c1ccccc1n2-c1cnc2c(c1)C1(c3cc(-n4c5ccccc5c5cc(C#N)ccc54)cnc3-2)c2cccc(N3c4ccccc4Sc4ccccc43)c2Oc2c(-n3c4ccccc4c4cc(C#N)ccc43)cccc21. The van der Waals surface area contributed by atoms with E-state index in [1.165, 1.54) is 0 Å². The highest BCUT2D eigenvalue weighted by Crippen LogP contribution is 2.66. The molecule has 392 valence electrons. The molecule has 3 aliphatic rings. The Balaban J connectivity index is 1.01. The number of para-hydroxylation sites is 7. The zero-order valence-corrected chi connectivity index (χ0v) is 45.7. The maximum atomic E-state index is 10.3. The molecular formula is C74H39N9OS. The van der Waals surface area contributed by atoms with Crippen LogP contribution < -0.4 is 9.64 Å². The summed E-state index contributed by atoms with van der Waals surface area (Å²) in [5, 5.41) is 36.6. The Kier molecular flexibility index (Phi) is 9.63. The number of nitriles is 3. The lowest BCUT2D eigenvalue weighted by atomic mass is 9.66. The number of ether oxygens (including phenoxy) is 1. The van der Waals surface area contributed by atoms with E-state index < -0.39 is 5.41 Å². The van der Waals surface area contributed by atoms with Crippen molar-refractivity contribution in [2.45, 2.75) is 15.2 Å². The van der Waals surface area contributed by atoms with Gasteiger partial charge in [0.1, 0.15) is 0 Å². The van der Waals surface area contributed by atoms with Gasteiger partial charge in [0.25, 0.3) is 0 Å². The van der Waals surface area contributed by atoms with Gasteiger partial charge in [0.15, 0.2) is 11.5 Å². The maximum Gasteiger partial charge on any atom is 0.156 e. The fourth-order valence-electron chi connectivity index (χ4n) is 14.2. The highest BCUT2D eigenvalue weighted by atomic mass is 32.2. The van der Waals surface area contributed by atoms with Crippen molar-refractivity contribution in [3.8, 4) is 58.2 Å². The van der Waals surface area contributed by atoms with Crippen LogP contribution in [-0.2, 0) is 5.41 Å². The number of hydrogen-bond donors (Lipinski definition) is 0. The van der Waals surface area contributed by atoms with Gasteiger partial charge in [-0.25, -0.2) is 0 Å². The number of anilines is 3. The fraction of sp³-hybridized carbons (Fsp3) is 0.0135. The summed E-state index contributed by atoms with van der Waals surface area (Å²) in [5.41, 5.74) is 16.8. The third-order valence-electron chi connectivity index (χ3n) is 17.6. The number of fused-ring (bicyclic) bond motifs is 20. The predicted molar refractivity (Wildman–Crippen MR) is 335 cm³/mol. The molecule has 0 amide bonds. The average Bonchev–Trinajstić information content (AvgIpc) is 1.64. The first-order chi connectivity index (χ1) is 42.0. The first-order valence-corrected chi connectivity index (χ1v) is 28.8. The van der Waals surface area contributed by atoms with Crippen molar-refractivity contribution in [2.75, 3.05) is 4.90 Å². The molecule has 7 heterocycles. The highest BCUT2D eigenvalue weighted by molar-refractivity contribution is 7.99. The zero-order chi connectivity index (χ0) is 56.2. The smallest absolute Gasteiger partial charge is 0.156 e. The monoisotopic (exact) mass is 1100 g/mol. The van der Waals surface area contributed by atoms with E-state index in [9.17, 15) is 15.8 Å². The Morgan fingerprint density at radius 3 is 1.22 bits per heavy atom. The minimum Gasteiger partial charge on any atom is -0.452 e. The molecule has 5 aromatic heterocycles. The van der Waals surface area contributed by atoms with Crippen LogP contribution in [0.25, 0.3) is 93.9 Å². The van der Waals surface area contributed by atoms with Gasteiger partial charge in [-0.2, -0.15) is 15.8 Å². The van der Waals surface area contributed by atoms with E-state index in [1.54, 1.807) is 11.8 Å². The van der Waals surface area contributed by atoms with E-state index in [2.05, 4.69) is 188 Å². The Morgan fingerprint density at radius 1 is 0.353 bits per heavy atom. The summed E-state index contributed by atoms with van der Waals surface area (Å²) < 4.78 is 14.8. The molecule has 2 aliphatic heterocycles. The van der Waals surface area contributed by atoms with Crippen molar-refractivity contribution in [3.63, 3.8) is 0 Å². The quantitative estimate of drug-likeness (QED) is 0.171. The number of pyridine rings is 2. The summed E-state index contributed by atoms with van der Waals surface area (Å²) in [6.07, 6.45) is 3.92. The molecule has 0 fully saturated rings. The molecule has 85 heavy (non-hydrogen) atoms. The summed E-state index contributed by atoms with van der Waals surface area (Å²) >= 11 is 1.76. The van der Waals surface area contributed by atoms with Gasteiger partial charge < -0.3 is 23.3 Å². The van der Waals surface area contributed by atoms with Gasteiger partial charge in [0.2, 0.25) is 0 Å². The molecule has 0 atom stereocenters. The van der Waals surface area contributed by atoms with Crippen LogP contribution in [0.5, 0.6) is 11.5 Å². The second kappa shape index (κ2) is 17.4. The van der Waals surface area contributed by atoms with Crippen molar-refractivity contribution in [3.05, 3.63) is 276 Å². The predicted octanol–water partition coefficient (Wildman–Crippen LogP) is 17.8. The minimum absolute atomic E-state index is 0.577. The Labute approximate surface area is 489 Å². The van der Waals surface area contributed by atoms with Crippen molar-refractivity contribution < 1.29 is 4.74 Å². The fourth-order valence-corrected chi connectivity index (χ4v) is 15.2. The van der Waals surface area contributed by atoms with Gasteiger partial charge in [-0.15, -0.1) is 0 Å². The maximum absolute atomic E-state index is 10.3. The molecule has 0 bridgehead atoms. The van der Waals surface area contributed by atoms with E-state index in [4.69, 9.17) is 14.7 Å². The van der Waals surface area contributed by atoms with Gasteiger partial charge in [-0.3, -0.25) is 9.97 Å². The molecule has 18 rings (SSSR count). The van der Waals surface area contributed by atoms with Crippen LogP contribution >= 0.6 is 11.8 Å². The van der Waals surface area contributed by atoms with E-state index >= 15 is 0 Å². The average molecular weight is 1100 g/mol. The molecule has 11 heteroatoms. The molecule has 10 aromatic carbocycles. The van der Waals surface area contributed by atoms with Crippen molar-refractivity contribution >= 4 is 94.2 Å². The third-order valence-corrected chi connectivity index (χ3v) is 18.7. The lowest BCUT2D eigenvalue weighted by Gasteiger charge is -2.42. The van der Waals surface area contributed by atoms with Crippen LogP contribution in [0.1, 0.15) is 38.9 Å². The van der Waals surface area contributed by atoms with Crippen LogP contribution in [0.3, 0.4) is 0 Å². The van der Waals surface area contributed by atoms with Crippen LogP contribution in [-0.4, -0.2) is 23.7 Å². The molecule has 1 spiro atoms. The van der Waals surface area contributed by atoms with Crippen LogP contribution in [0.2, 0.25) is 0 Å². The molecule has 1 aliphatic carbocycles. The molecule has 0 radical (unpaired) electrons. The minimum atomic E-state index is -1.18. The molecular weight excluding hydrogens is 1060 g/mol. The summed E-state index contributed by atoms with van der Waals surface area (Å²) in [6, 6.07) is 84.8. The summed E-state index contributed by atoms with van der Waals surface area (Å²) in [4.78, 5) is 15.8. The van der Waals surface area contributed by atoms with Crippen molar-refractivity contribution in [1.29, 1.82) is 15.8 Å². The topological polar surface area (TPSA) is 124 Å². The largest absolute Gasteiger partial charge is 0.452 e.